The first-order valence-electron chi connectivity index (χ1n) is 5.29. The summed E-state index contributed by atoms with van der Waals surface area (Å²) in [6.07, 6.45) is 1.01. The quantitative estimate of drug-likeness (QED) is 0.456. The lowest BCUT2D eigenvalue weighted by atomic mass is 10.2. The zero-order valence-electron chi connectivity index (χ0n) is 9.83. The molecule has 1 rings (SSSR count). The average molecular weight is 271 g/mol. The topological polar surface area (TPSA) is 160 Å². The molecule has 10 nitrogen and oxygen atoms in total. The predicted molar refractivity (Wildman–Crippen MR) is 59.8 cm³/mol. The summed E-state index contributed by atoms with van der Waals surface area (Å²) >= 11 is 0. The zero-order chi connectivity index (χ0) is 14.3. The molecule has 0 aromatic carbocycles. The van der Waals surface area contributed by atoms with Gasteiger partial charge >= 0.3 is 12.0 Å². The molecule has 3 amide bonds. The molecule has 0 saturated heterocycles. The highest BCUT2D eigenvalue weighted by atomic mass is 16.5. The van der Waals surface area contributed by atoms with Crippen LogP contribution < -0.4 is 16.4 Å². The van der Waals surface area contributed by atoms with Crippen LogP contribution in [0.25, 0.3) is 0 Å². The number of primary amides is 1. The maximum absolute atomic E-state index is 11.4. The lowest BCUT2D eigenvalue weighted by molar-refractivity contribution is -0.140. The van der Waals surface area contributed by atoms with Crippen LogP contribution in [0.2, 0.25) is 0 Å². The van der Waals surface area contributed by atoms with Crippen LogP contribution in [-0.2, 0) is 16.0 Å². The van der Waals surface area contributed by atoms with Crippen molar-refractivity contribution in [2.75, 3.05) is 6.54 Å². The lowest BCUT2D eigenvalue weighted by Crippen LogP contribution is -2.48. The summed E-state index contributed by atoms with van der Waals surface area (Å²) in [7, 11) is 0. The fraction of sp³-hybridized carbons (Fsp3) is 0.444. The van der Waals surface area contributed by atoms with Crippen molar-refractivity contribution < 1.29 is 24.0 Å². The van der Waals surface area contributed by atoms with Crippen molar-refractivity contribution in [2.24, 2.45) is 5.73 Å². The third kappa shape index (κ3) is 5.48. The molecule has 0 fully saturated rings. The molecule has 10 heteroatoms. The Kier molecular flexibility index (Phi) is 5.26. The summed E-state index contributed by atoms with van der Waals surface area (Å²) in [5.74, 6) is -1.75. The van der Waals surface area contributed by atoms with Crippen LogP contribution >= 0.6 is 0 Å². The fourth-order valence-corrected chi connectivity index (χ4v) is 1.20. The predicted octanol–water partition coefficient (Wildman–Crippen LogP) is -1.76. The first-order chi connectivity index (χ1) is 8.99. The Bertz CT molecular complexity index is 446. The molecule has 1 aromatic rings. The minimum Gasteiger partial charge on any atom is -0.480 e. The largest absolute Gasteiger partial charge is 0.480 e. The number of hydrogen-bond acceptors (Lipinski definition) is 6. The van der Waals surface area contributed by atoms with Crippen molar-refractivity contribution in [1.82, 2.24) is 20.8 Å². The van der Waals surface area contributed by atoms with Gasteiger partial charge in [0.05, 0.1) is 6.42 Å². The molecular weight excluding hydrogens is 258 g/mol. The molecule has 1 aromatic heterocycles. The highest BCUT2D eigenvalue weighted by Crippen LogP contribution is 1.92. The Morgan fingerprint density at radius 2 is 2.21 bits per heavy atom. The molecule has 0 bridgehead atoms. The zero-order valence-corrected chi connectivity index (χ0v) is 9.83. The maximum Gasteiger partial charge on any atom is 0.326 e. The third-order valence-corrected chi connectivity index (χ3v) is 2.05. The van der Waals surface area contributed by atoms with Crippen molar-refractivity contribution in [3.8, 4) is 0 Å². The number of hydrogen-bond donors (Lipinski definition) is 4. The first-order valence-corrected chi connectivity index (χ1v) is 5.29. The Morgan fingerprint density at radius 3 is 2.74 bits per heavy atom. The molecule has 1 atom stereocenters. The SMILES string of the molecule is NC(=O)CC(NC(=O)NCCc1ncon1)C(=O)O. The van der Waals surface area contributed by atoms with E-state index in [1.54, 1.807) is 0 Å². The second-order valence-electron chi connectivity index (χ2n) is 3.56. The summed E-state index contributed by atoms with van der Waals surface area (Å²) in [5, 5.41) is 16.8. The van der Waals surface area contributed by atoms with E-state index in [0.29, 0.717) is 12.2 Å². The summed E-state index contributed by atoms with van der Waals surface area (Å²) in [5.41, 5.74) is 4.87. The van der Waals surface area contributed by atoms with E-state index in [1.807, 2.05) is 0 Å². The molecule has 0 aliphatic heterocycles. The molecule has 1 unspecified atom stereocenters. The number of carbonyl (C=O) groups is 3. The van der Waals surface area contributed by atoms with Gasteiger partial charge in [-0.15, -0.1) is 0 Å². The molecule has 19 heavy (non-hydrogen) atoms. The van der Waals surface area contributed by atoms with E-state index in [9.17, 15) is 14.4 Å². The molecule has 1 heterocycles. The molecular formula is C9H13N5O5. The molecule has 104 valence electrons. The van der Waals surface area contributed by atoms with Crippen molar-refractivity contribution in [1.29, 1.82) is 0 Å². The van der Waals surface area contributed by atoms with Gasteiger partial charge in [0.2, 0.25) is 12.3 Å². The van der Waals surface area contributed by atoms with Crippen LogP contribution in [0.15, 0.2) is 10.9 Å². The van der Waals surface area contributed by atoms with Crippen molar-refractivity contribution in [3.63, 3.8) is 0 Å². The van der Waals surface area contributed by atoms with E-state index in [2.05, 4.69) is 25.3 Å². The minimum atomic E-state index is -1.36. The molecule has 0 saturated carbocycles. The number of carbonyl (C=O) groups excluding carboxylic acids is 2. The van der Waals surface area contributed by atoms with E-state index >= 15 is 0 Å². The highest BCUT2D eigenvalue weighted by Gasteiger charge is 2.21. The van der Waals surface area contributed by atoms with Crippen LogP contribution in [-0.4, -0.2) is 45.7 Å². The van der Waals surface area contributed by atoms with E-state index in [4.69, 9.17) is 10.8 Å². The van der Waals surface area contributed by atoms with Crippen LogP contribution in [0.5, 0.6) is 0 Å². The Morgan fingerprint density at radius 1 is 1.47 bits per heavy atom. The molecule has 0 aliphatic rings. The first kappa shape index (κ1) is 14.4. The van der Waals surface area contributed by atoms with Crippen LogP contribution in [0, 0.1) is 0 Å². The van der Waals surface area contributed by atoms with Crippen LogP contribution in [0.3, 0.4) is 0 Å². The van der Waals surface area contributed by atoms with Crippen LogP contribution in [0.4, 0.5) is 4.79 Å². The second kappa shape index (κ2) is 6.93. The molecule has 0 spiro atoms. The average Bonchev–Trinajstić information content (AvgIpc) is 2.80. The van der Waals surface area contributed by atoms with E-state index in [1.165, 1.54) is 0 Å². The van der Waals surface area contributed by atoms with Crippen molar-refractivity contribution in [3.05, 3.63) is 12.2 Å². The van der Waals surface area contributed by atoms with Gasteiger partial charge in [0.25, 0.3) is 0 Å². The van der Waals surface area contributed by atoms with E-state index in [0.717, 1.165) is 6.39 Å². The standard InChI is InChI=1S/C9H13N5O5/c10-6(15)3-5(8(16)17)13-9(18)11-2-1-7-12-4-19-14-7/h4-5H,1-3H2,(H2,10,15)(H,16,17)(H2,11,13,18). The molecule has 0 aliphatic carbocycles. The Labute approximate surface area is 107 Å². The number of carboxylic acid groups (broad SMARTS) is 1. The number of aromatic nitrogens is 2. The van der Waals surface area contributed by atoms with Gasteiger partial charge < -0.3 is 26.0 Å². The summed E-state index contributed by atoms with van der Waals surface area (Å²) in [4.78, 5) is 36.5. The van der Waals surface area contributed by atoms with Gasteiger partial charge in [-0.1, -0.05) is 5.16 Å². The summed E-state index contributed by atoms with van der Waals surface area (Å²) in [6, 6.07) is -2.08. The van der Waals surface area contributed by atoms with Gasteiger partial charge in [-0.25, -0.2) is 9.59 Å². The number of amides is 3. The lowest BCUT2D eigenvalue weighted by Gasteiger charge is -2.13. The van der Waals surface area contributed by atoms with Crippen molar-refractivity contribution in [2.45, 2.75) is 18.9 Å². The summed E-state index contributed by atoms with van der Waals surface area (Å²) < 4.78 is 4.49. The smallest absolute Gasteiger partial charge is 0.326 e. The van der Waals surface area contributed by atoms with Gasteiger partial charge in [-0.05, 0) is 0 Å². The van der Waals surface area contributed by atoms with Gasteiger partial charge in [-0.3, -0.25) is 4.79 Å². The number of carboxylic acids is 1. The number of rotatable bonds is 7. The molecule has 5 N–H and O–H groups in total. The maximum atomic E-state index is 11.4. The Hall–Kier alpha value is -2.65. The van der Waals surface area contributed by atoms with Crippen molar-refractivity contribution >= 4 is 17.9 Å². The monoisotopic (exact) mass is 271 g/mol. The number of urea groups is 1. The van der Waals surface area contributed by atoms with E-state index < -0.39 is 30.4 Å². The van der Waals surface area contributed by atoms with Gasteiger partial charge in [0.15, 0.2) is 5.82 Å². The number of nitrogens with zero attached hydrogens (tertiary/aromatic N) is 2. The van der Waals surface area contributed by atoms with Gasteiger partial charge in [-0.2, -0.15) is 4.98 Å². The highest BCUT2D eigenvalue weighted by molar-refractivity contribution is 5.87. The van der Waals surface area contributed by atoms with E-state index in [-0.39, 0.29) is 6.54 Å². The third-order valence-electron chi connectivity index (χ3n) is 2.05. The molecule has 0 radical (unpaired) electrons. The Balaban J connectivity index is 2.32. The van der Waals surface area contributed by atoms with Gasteiger partial charge in [0, 0.05) is 13.0 Å². The number of nitrogens with two attached hydrogens (primary N) is 1. The number of aliphatic carboxylic acids is 1. The fourth-order valence-electron chi connectivity index (χ4n) is 1.20. The minimum absolute atomic E-state index is 0.189. The number of nitrogens with one attached hydrogen (secondary N) is 2. The van der Waals surface area contributed by atoms with Crippen LogP contribution in [0.1, 0.15) is 12.2 Å². The normalized spacial score (nSPS) is 11.6. The second-order valence-corrected chi connectivity index (χ2v) is 3.56. The summed E-state index contributed by atoms with van der Waals surface area (Å²) in [6.45, 7) is 0.189. The van der Waals surface area contributed by atoms with Gasteiger partial charge in [0.1, 0.15) is 6.04 Å².